The van der Waals surface area contributed by atoms with Gasteiger partial charge in [-0.3, -0.25) is 0 Å². The second-order valence-electron chi connectivity index (χ2n) is 4.67. The number of nitrogens with one attached hydrogen (secondary N) is 1. The second-order valence-corrected chi connectivity index (χ2v) is 6.29. The maximum atomic E-state index is 12.1. The SMILES string of the molecule is CC(C)OC(=O)NS(=O)(=O)N1CC(CN)OCC1C. The molecular weight excluding hydrogens is 274 g/mol. The van der Waals surface area contributed by atoms with Crippen LogP contribution in [0, 0.1) is 0 Å². The van der Waals surface area contributed by atoms with Gasteiger partial charge in [-0.1, -0.05) is 0 Å². The van der Waals surface area contributed by atoms with Crippen molar-refractivity contribution in [1.82, 2.24) is 9.03 Å². The first-order chi connectivity index (χ1) is 8.76. The molecule has 2 unspecified atom stereocenters. The zero-order valence-corrected chi connectivity index (χ0v) is 12.1. The number of carbonyl (C=O) groups excluding carboxylic acids is 1. The van der Waals surface area contributed by atoms with E-state index >= 15 is 0 Å². The van der Waals surface area contributed by atoms with Crippen LogP contribution in [0.2, 0.25) is 0 Å². The van der Waals surface area contributed by atoms with Crippen molar-refractivity contribution in [1.29, 1.82) is 0 Å². The van der Waals surface area contributed by atoms with Gasteiger partial charge in [0, 0.05) is 19.1 Å². The van der Waals surface area contributed by atoms with Crippen LogP contribution in [0.3, 0.4) is 0 Å². The van der Waals surface area contributed by atoms with E-state index in [0.717, 1.165) is 4.31 Å². The van der Waals surface area contributed by atoms with Crippen molar-refractivity contribution >= 4 is 16.3 Å². The third kappa shape index (κ3) is 4.60. The largest absolute Gasteiger partial charge is 0.446 e. The van der Waals surface area contributed by atoms with Gasteiger partial charge in [0.05, 0.1) is 18.8 Å². The van der Waals surface area contributed by atoms with E-state index < -0.39 is 22.4 Å². The number of morpholine rings is 1. The first-order valence-electron chi connectivity index (χ1n) is 6.08. The lowest BCUT2D eigenvalue weighted by molar-refractivity contribution is -0.0224. The highest BCUT2D eigenvalue weighted by Crippen LogP contribution is 2.14. The molecule has 1 fully saturated rings. The van der Waals surface area contributed by atoms with Crippen molar-refractivity contribution in [2.45, 2.75) is 39.0 Å². The molecule has 0 spiro atoms. The van der Waals surface area contributed by atoms with E-state index in [4.69, 9.17) is 15.2 Å². The van der Waals surface area contributed by atoms with Gasteiger partial charge in [-0.05, 0) is 20.8 Å². The van der Waals surface area contributed by atoms with Crippen molar-refractivity contribution in [3.8, 4) is 0 Å². The number of nitrogens with two attached hydrogens (primary N) is 1. The molecule has 1 aliphatic heterocycles. The number of nitrogens with zero attached hydrogens (tertiary/aromatic N) is 1. The molecule has 1 rings (SSSR count). The van der Waals surface area contributed by atoms with Gasteiger partial charge in [-0.15, -0.1) is 0 Å². The molecule has 2 atom stereocenters. The van der Waals surface area contributed by atoms with Gasteiger partial charge >= 0.3 is 16.3 Å². The van der Waals surface area contributed by atoms with E-state index in [1.54, 1.807) is 20.8 Å². The minimum absolute atomic E-state index is 0.113. The zero-order valence-electron chi connectivity index (χ0n) is 11.3. The third-order valence-corrected chi connectivity index (χ3v) is 4.13. The van der Waals surface area contributed by atoms with E-state index in [1.807, 2.05) is 4.72 Å². The van der Waals surface area contributed by atoms with Crippen LogP contribution in [0.15, 0.2) is 0 Å². The lowest BCUT2D eigenvalue weighted by Crippen LogP contribution is -2.56. The molecular formula is C10H21N3O5S. The van der Waals surface area contributed by atoms with Crippen LogP contribution in [-0.2, 0) is 19.7 Å². The maximum absolute atomic E-state index is 12.1. The summed E-state index contributed by atoms with van der Waals surface area (Å²) in [7, 11) is -3.95. The van der Waals surface area contributed by atoms with Crippen molar-refractivity contribution in [2.75, 3.05) is 19.7 Å². The molecule has 0 radical (unpaired) electrons. The normalized spacial score (nSPS) is 25.3. The number of amides is 1. The Kier molecular flexibility index (Phi) is 5.53. The molecule has 1 amide bonds. The van der Waals surface area contributed by atoms with Crippen LogP contribution in [0.4, 0.5) is 4.79 Å². The zero-order chi connectivity index (χ0) is 14.6. The Morgan fingerprint density at radius 2 is 2.21 bits per heavy atom. The van der Waals surface area contributed by atoms with Gasteiger partial charge in [-0.2, -0.15) is 12.7 Å². The molecule has 0 bridgehead atoms. The number of hydrogen-bond acceptors (Lipinski definition) is 6. The number of ether oxygens (including phenoxy) is 2. The van der Waals surface area contributed by atoms with Gasteiger partial charge in [0.2, 0.25) is 0 Å². The van der Waals surface area contributed by atoms with Crippen LogP contribution in [0.1, 0.15) is 20.8 Å². The lowest BCUT2D eigenvalue weighted by atomic mass is 10.2. The minimum Gasteiger partial charge on any atom is -0.446 e. The van der Waals surface area contributed by atoms with Gasteiger partial charge in [0.15, 0.2) is 0 Å². The molecule has 9 heteroatoms. The second kappa shape index (κ2) is 6.51. The number of hydrogen-bond donors (Lipinski definition) is 2. The van der Waals surface area contributed by atoms with Crippen molar-refractivity contribution in [3.05, 3.63) is 0 Å². The summed E-state index contributed by atoms with van der Waals surface area (Å²) in [4.78, 5) is 11.4. The summed E-state index contributed by atoms with van der Waals surface area (Å²) >= 11 is 0. The van der Waals surface area contributed by atoms with E-state index in [2.05, 4.69) is 0 Å². The fourth-order valence-electron chi connectivity index (χ4n) is 1.67. The summed E-state index contributed by atoms with van der Waals surface area (Å²) in [6.45, 7) is 5.53. The molecule has 1 heterocycles. The Bertz CT molecular complexity index is 411. The average Bonchev–Trinajstić information content (AvgIpc) is 2.27. The smallest absolute Gasteiger partial charge is 0.422 e. The predicted molar refractivity (Wildman–Crippen MR) is 68.6 cm³/mol. The third-order valence-electron chi connectivity index (χ3n) is 2.58. The van der Waals surface area contributed by atoms with Gasteiger partial charge in [-0.25, -0.2) is 9.52 Å². The van der Waals surface area contributed by atoms with Crippen molar-refractivity contribution in [3.63, 3.8) is 0 Å². The molecule has 0 aromatic heterocycles. The Morgan fingerprint density at radius 3 is 2.74 bits per heavy atom. The molecule has 112 valence electrons. The average molecular weight is 295 g/mol. The summed E-state index contributed by atoms with van der Waals surface area (Å²) in [5, 5.41) is 0. The fraction of sp³-hybridized carbons (Fsp3) is 0.900. The highest BCUT2D eigenvalue weighted by Gasteiger charge is 2.35. The first-order valence-corrected chi connectivity index (χ1v) is 7.52. The summed E-state index contributed by atoms with van der Waals surface area (Å²) in [5.41, 5.74) is 5.46. The molecule has 0 aliphatic carbocycles. The first kappa shape index (κ1) is 16.2. The molecule has 8 nitrogen and oxygen atoms in total. The Balaban J connectivity index is 2.72. The predicted octanol–water partition coefficient (Wildman–Crippen LogP) is -0.586. The number of carbonyl (C=O) groups is 1. The van der Waals surface area contributed by atoms with Crippen LogP contribution < -0.4 is 10.5 Å². The van der Waals surface area contributed by atoms with E-state index in [1.165, 1.54) is 0 Å². The molecule has 1 saturated heterocycles. The Morgan fingerprint density at radius 1 is 1.58 bits per heavy atom. The number of rotatable bonds is 4. The summed E-state index contributed by atoms with van der Waals surface area (Å²) in [6.07, 6.45) is -1.75. The monoisotopic (exact) mass is 295 g/mol. The summed E-state index contributed by atoms with van der Waals surface area (Å²) in [6, 6.07) is -0.368. The molecule has 3 N–H and O–H groups in total. The molecule has 0 aromatic rings. The summed E-state index contributed by atoms with van der Waals surface area (Å²) in [5.74, 6) is 0. The Labute approximate surface area is 113 Å². The standard InChI is InChI=1S/C10H21N3O5S/c1-7(2)18-10(14)12-19(15,16)13-5-9(4-11)17-6-8(13)3/h7-9H,4-6,11H2,1-3H3,(H,12,14). The molecule has 1 aliphatic rings. The highest BCUT2D eigenvalue weighted by molar-refractivity contribution is 7.87. The van der Waals surface area contributed by atoms with Gasteiger partial charge < -0.3 is 15.2 Å². The van der Waals surface area contributed by atoms with Crippen molar-refractivity contribution < 1.29 is 22.7 Å². The molecule has 19 heavy (non-hydrogen) atoms. The fourth-order valence-corrected chi connectivity index (χ4v) is 2.94. The van der Waals surface area contributed by atoms with E-state index in [9.17, 15) is 13.2 Å². The van der Waals surface area contributed by atoms with E-state index in [-0.39, 0.29) is 31.8 Å². The maximum Gasteiger partial charge on any atom is 0.422 e. The quantitative estimate of drug-likeness (QED) is 0.717. The highest BCUT2D eigenvalue weighted by atomic mass is 32.2. The van der Waals surface area contributed by atoms with Crippen LogP contribution in [0.5, 0.6) is 0 Å². The van der Waals surface area contributed by atoms with Crippen LogP contribution in [0.25, 0.3) is 0 Å². The van der Waals surface area contributed by atoms with Crippen molar-refractivity contribution in [2.24, 2.45) is 5.73 Å². The summed E-state index contributed by atoms with van der Waals surface area (Å²) < 4.78 is 37.3. The van der Waals surface area contributed by atoms with Crippen LogP contribution in [-0.4, -0.2) is 56.8 Å². The van der Waals surface area contributed by atoms with Gasteiger partial charge in [0.1, 0.15) is 0 Å². The Hall–Kier alpha value is -0.900. The van der Waals surface area contributed by atoms with Crippen LogP contribution >= 0.6 is 0 Å². The lowest BCUT2D eigenvalue weighted by Gasteiger charge is -2.36. The molecule has 0 aromatic carbocycles. The van der Waals surface area contributed by atoms with E-state index in [0.29, 0.717) is 0 Å². The topological polar surface area (TPSA) is 111 Å². The minimum atomic E-state index is -3.95. The molecule has 0 saturated carbocycles. The van der Waals surface area contributed by atoms with Gasteiger partial charge in [0.25, 0.3) is 0 Å².